The summed E-state index contributed by atoms with van der Waals surface area (Å²) in [4.78, 5) is 36.7. The number of amides is 1. The van der Waals surface area contributed by atoms with Crippen molar-refractivity contribution in [1.82, 2.24) is 19.6 Å². The predicted octanol–water partition coefficient (Wildman–Crippen LogP) is 2.50. The number of aryl methyl sites for hydroxylation is 1. The summed E-state index contributed by atoms with van der Waals surface area (Å²) in [7, 11) is 0. The van der Waals surface area contributed by atoms with Crippen molar-refractivity contribution in [2.75, 3.05) is 5.32 Å². The molecule has 2 aromatic heterocycles. The molecule has 0 atom stereocenters. The molecule has 8 nitrogen and oxygen atoms in total. The van der Waals surface area contributed by atoms with E-state index in [0.717, 1.165) is 4.68 Å². The van der Waals surface area contributed by atoms with Crippen LogP contribution in [0.4, 0.5) is 5.69 Å². The Labute approximate surface area is 162 Å². The molecule has 0 aliphatic heterocycles. The smallest absolute Gasteiger partial charge is 0.293 e. The maximum atomic E-state index is 12.9. The van der Waals surface area contributed by atoms with E-state index in [1.54, 1.807) is 42.1 Å². The largest absolute Gasteiger partial charge is 0.324 e. The molecule has 1 aromatic carbocycles. The first-order chi connectivity index (χ1) is 13.1. The molecular formula is C20H23N5O3. The Hall–Kier alpha value is -3.29. The first-order valence-electron chi connectivity index (χ1n) is 8.94. The summed E-state index contributed by atoms with van der Waals surface area (Å²) in [5.41, 5.74) is 1.41. The number of nitrogens with one attached hydrogen (secondary N) is 1. The number of carbonyl (C=O) groups is 2. The average molecular weight is 381 g/mol. The molecular weight excluding hydrogens is 358 g/mol. The summed E-state index contributed by atoms with van der Waals surface area (Å²) in [6, 6.07) is 6.57. The standard InChI is InChI=1S/C20H23N5O3/c1-12-16-10-21-25(20(3,4)5)18(16)19(28)24(23-12)11-17(27)22-15-8-6-14(7-9-15)13(2)26/h6-10H,11H2,1-5H3,(H,22,27). The van der Waals surface area contributed by atoms with E-state index in [1.165, 1.54) is 6.92 Å². The van der Waals surface area contributed by atoms with Crippen LogP contribution in [0.15, 0.2) is 35.3 Å². The minimum atomic E-state index is -0.384. The number of ketones is 1. The van der Waals surface area contributed by atoms with Crippen LogP contribution in [0, 0.1) is 6.92 Å². The van der Waals surface area contributed by atoms with Gasteiger partial charge in [-0.05, 0) is 58.9 Å². The Morgan fingerprint density at radius 3 is 2.36 bits per heavy atom. The van der Waals surface area contributed by atoms with E-state index in [9.17, 15) is 14.4 Å². The van der Waals surface area contributed by atoms with Gasteiger partial charge in [0.05, 0.1) is 17.4 Å². The van der Waals surface area contributed by atoms with Gasteiger partial charge < -0.3 is 5.32 Å². The maximum absolute atomic E-state index is 12.9. The lowest BCUT2D eigenvalue weighted by Crippen LogP contribution is -2.33. The van der Waals surface area contributed by atoms with E-state index in [2.05, 4.69) is 15.5 Å². The number of Topliss-reactive ketones (excluding diaryl/α,β-unsaturated/α-hetero) is 1. The minimum absolute atomic E-state index is 0.0483. The molecule has 0 fully saturated rings. The molecule has 0 radical (unpaired) electrons. The second-order valence-corrected chi connectivity index (χ2v) is 7.72. The molecule has 0 unspecified atom stereocenters. The van der Waals surface area contributed by atoms with Crippen molar-refractivity contribution in [3.63, 3.8) is 0 Å². The number of rotatable bonds is 4. The molecule has 0 aliphatic rings. The van der Waals surface area contributed by atoms with E-state index in [-0.39, 0.29) is 29.3 Å². The third kappa shape index (κ3) is 3.71. The lowest BCUT2D eigenvalue weighted by Gasteiger charge is -2.20. The third-order valence-electron chi connectivity index (χ3n) is 4.37. The van der Waals surface area contributed by atoms with Gasteiger partial charge in [0, 0.05) is 16.6 Å². The Bertz CT molecular complexity index is 1120. The Kier molecular flexibility index (Phi) is 4.89. The van der Waals surface area contributed by atoms with Gasteiger partial charge in [-0.1, -0.05) is 0 Å². The molecule has 1 amide bonds. The van der Waals surface area contributed by atoms with Gasteiger partial charge in [0.1, 0.15) is 12.1 Å². The summed E-state index contributed by atoms with van der Waals surface area (Å²) in [6.45, 7) is 8.90. The normalized spacial score (nSPS) is 11.6. The Morgan fingerprint density at radius 1 is 1.14 bits per heavy atom. The minimum Gasteiger partial charge on any atom is -0.324 e. The monoisotopic (exact) mass is 381 g/mol. The van der Waals surface area contributed by atoms with Gasteiger partial charge in [-0.3, -0.25) is 19.1 Å². The molecule has 0 saturated heterocycles. The number of aromatic nitrogens is 4. The first kappa shape index (κ1) is 19.5. The van der Waals surface area contributed by atoms with Crippen molar-refractivity contribution in [3.8, 4) is 0 Å². The van der Waals surface area contributed by atoms with Crippen LogP contribution in [0.1, 0.15) is 43.7 Å². The zero-order valence-corrected chi connectivity index (χ0v) is 16.6. The van der Waals surface area contributed by atoms with Gasteiger partial charge >= 0.3 is 0 Å². The Balaban J connectivity index is 1.89. The molecule has 8 heteroatoms. The Morgan fingerprint density at radius 2 is 1.79 bits per heavy atom. The van der Waals surface area contributed by atoms with Gasteiger partial charge in [-0.2, -0.15) is 10.2 Å². The number of anilines is 1. The molecule has 0 spiro atoms. The van der Waals surface area contributed by atoms with Crippen LogP contribution in [0.5, 0.6) is 0 Å². The zero-order valence-electron chi connectivity index (χ0n) is 16.6. The number of benzene rings is 1. The second-order valence-electron chi connectivity index (χ2n) is 7.72. The van der Waals surface area contributed by atoms with Crippen LogP contribution in [-0.2, 0) is 16.9 Å². The summed E-state index contributed by atoms with van der Waals surface area (Å²) >= 11 is 0. The van der Waals surface area contributed by atoms with Crippen molar-refractivity contribution in [3.05, 3.63) is 52.1 Å². The average Bonchev–Trinajstić information content (AvgIpc) is 3.06. The highest BCUT2D eigenvalue weighted by molar-refractivity contribution is 5.95. The van der Waals surface area contributed by atoms with Crippen molar-refractivity contribution in [2.45, 2.75) is 46.7 Å². The van der Waals surface area contributed by atoms with Crippen molar-refractivity contribution >= 4 is 28.3 Å². The zero-order chi connectivity index (χ0) is 20.6. The number of carbonyl (C=O) groups excluding carboxylic acids is 2. The summed E-state index contributed by atoms with van der Waals surface area (Å²) < 4.78 is 2.81. The van der Waals surface area contributed by atoms with Gasteiger partial charge in [-0.15, -0.1) is 0 Å². The van der Waals surface area contributed by atoms with E-state index in [1.807, 2.05) is 20.8 Å². The molecule has 1 N–H and O–H groups in total. The van der Waals surface area contributed by atoms with Crippen LogP contribution < -0.4 is 10.9 Å². The number of hydrogen-bond donors (Lipinski definition) is 1. The maximum Gasteiger partial charge on any atom is 0.293 e. The molecule has 0 aliphatic carbocycles. The highest BCUT2D eigenvalue weighted by atomic mass is 16.2. The molecule has 146 valence electrons. The second kappa shape index (κ2) is 7.03. The van der Waals surface area contributed by atoms with E-state index >= 15 is 0 Å². The van der Waals surface area contributed by atoms with Crippen LogP contribution in [0.2, 0.25) is 0 Å². The summed E-state index contributed by atoms with van der Waals surface area (Å²) in [5.74, 6) is -0.432. The fourth-order valence-electron chi connectivity index (χ4n) is 2.96. The van der Waals surface area contributed by atoms with E-state index in [0.29, 0.717) is 27.8 Å². The third-order valence-corrected chi connectivity index (χ3v) is 4.37. The van der Waals surface area contributed by atoms with Gasteiger partial charge in [0.2, 0.25) is 5.91 Å². The van der Waals surface area contributed by atoms with Crippen LogP contribution in [-0.4, -0.2) is 31.3 Å². The fourth-order valence-corrected chi connectivity index (χ4v) is 2.96. The van der Waals surface area contributed by atoms with Crippen molar-refractivity contribution < 1.29 is 9.59 Å². The number of hydrogen-bond acceptors (Lipinski definition) is 5. The van der Waals surface area contributed by atoms with Crippen LogP contribution in [0.3, 0.4) is 0 Å². The molecule has 0 bridgehead atoms. The molecule has 3 rings (SSSR count). The predicted molar refractivity (Wildman–Crippen MR) is 107 cm³/mol. The summed E-state index contributed by atoms with van der Waals surface area (Å²) in [6.07, 6.45) is 1.63. The molecule has 3 aromatic rings. The van der Waals surface area contributed by atoms with Crippen LogP contribution in [0.25, 0.3) is 10.9 Å². The van der Waals surface area contributed by atoms with Crippen molar-refractivity contribution in [1.29, 1.82) is 0 Å². The molecule has 0 saturated carbocycles. The van der Waals surface area contributed by atoms with Crippen molar-refractivity contribution in [2.24, 2.45) is 0 Å². The topological polar surface area (TPSA) is 98.9 Å². The lowest BCUT2D eigenvalue weighted by molar-refractivity contribution is -0.117. The van der Waals surface area contributed by atoms with Gasteiger partial charge in [0.15, 0.2) is 5.78 Å². The van der Waals surface area contributed by atoms with Gasteiger partial charge in [-0.25, -0.2) is 4.68 Å². The molecule has 2 heterocycles. The SMILES string of the molecule is CC(=O)c1ccc(NC(=O)Cn2nc(C)c3cnn(C(C)(C)C)c3c2=O)cc1. The van der Waals surface area contributed by atoms with Crippen LogP contribution >= 0.6 is 0 Å². The fraction of sp³-hybridized carbons (Fsp3) is 0.350. The van der Waals surface area contributed by atoms with Gasteiger partial charge in [0.25, 0.3) is 5.56 Å². The molecule has 28 heavy (non-hydrogen) atoms. The van der Waals surface area contributed by atoms with E-state index in [4.69, 9.17) is 0 Å². The first-order valence-corrected chi connectivity index (χ1v) is 8.94. The highest BCUT2D eigenvalue weighted by Gasteiger charge is 2.22. The quantitative estimate of drug-likeness (QED) is 0.700. The number of nitrogens with zero attached hydrogens (tertiary/aromatic N) is 4. The highest BCUT2D eigenvalue weighted by Crippen LogP contribution is 2.20. The van der Waals surface area contributed by atoms with E-state index < -0.39 is 0 Å². The lowest BCUT2D eigenvalue weighted by atomic mass is 10.1. The summed E-state index contributed by atoms with van der Waals surface area (Å²) in [5, 5.41) is 12.0. The number of fused-ring (bicyclic) bond motifs is 1.